The largest absolute Gasteiger partial charge is 0.479 e. The van der Waals surface area contributed by atoms with Crippen LogP contribution in [0.2, 0.25) is 0 Å². The summed E-state index contributed by atoms with van der Waals surface area (Å²) in [5.74, 6) is -5.04. The van der Waals surface area contributed by atoms with Crippen molar-refractivity contribution in [1.82, 2.24) is 0 Å². The molecule has 0 saturated carbocycles. The molecule has 0 fully saturated rings. The van der Waals surface area contributed by atoms with Gasteiger partial charge < -0.3 is 10.2 Å². The van der Waals surface area contributed by atoms with E-state index in [-0.39, 0.29) is 5.56 Å². The van der Waals surface area contributed by atoms with E-state index in [4.69, 9.17) is 5.11 Å². The maximum Gasteiger partial charge on any atom is 0.335 e. The van der Waals surface area contributed by atoms with Crippen LogP contribution in [0.1, 0.15) is 18.9 Å². The van der Waals surface area contributed by atoms with Crippen molar-refractivity contribution in [3.63, 3.8) is 0 Å². The topological polar surface area (TPSA) is 57.5 Å². The van der Waals surface area contributed by atoms with E-state index in [2.05, 4.69) is 0 Å². The van der Waals surface area contributed by atoms with Gasteiger partial charge in [-0.3, -0.25) is 0 Å². The van der Waals surface area contributed by atoms with Gasteiger partial charge in [-0.25, -0.2) is 13.6 Å². The number of carboxylic acid groups (broad SMARTS) is 1. The lowest BCUT2D eigenvalue weighted by molar-refractivity contribution is -0.167. The Bertz CT molecular complexity index is 374. The smallest absolute Gasteiger partial charge is 0.335 e. The number of hydrogen-bond acceptors (Lipinski definition) is 2. The molecule has 0 heterocycles. The molecule has 1 rings (SSSR count). The number of rotatable bonds is 4. The molecule has 1 aromatic carbocycles. The van der Waals surface area contributed by atoms with Gasteiger partial charge in [0.05, 0.1) is 6.42 Å². The van der Waals surface area contributed by atoms with E-state index in [0.29, 0.717) is 0 Å². The van der Waals surface area contributed by atoms with Gasteiger partial charge in [0, 0.05) is 5.56 Å². The van der Waals surface area contributed by atoms with Crippen LogP contribution in [0.4, 0.5) is 8.78 Å². The van der Waals surface area contributed by atoms with Crippen LogP contribution in [-0.2, 0) is 10.7 Å². The number of carbonyl (C=O) groups is 1. The van der Waals surface area contributed by atoms with Crippen LogP contribution in [-0.4, -0.2) is 21.8 Å². The molecule has 0 aliphatic rings. The Kier molecular flexibility index (Phi) is 3.28. The Labute approximate surface area is 91.3 Å². The average Bonchev–Trinajstić information content (AvgIpc) is 2.17. The minimum Gasteiger partial charge on any atom is -0.479 e. The van der Waals surface area contributed by atoms with Crippen molar-refractivity contribution < 1.29 is 23.8 Å². The second kappa shape index (κ2) is 4.17. The molecule has 0 radical (unpaired) electrons. The Morgan fingerprint density at radius 2 is 1.81 bits per heavy atom. The summed E-state index contributed by atoms with van der Waals surface area (Å²) in [5.41, 5.74) is -2.75. The Hall–Kier alpha value is -1.49. The molecule has 0 amide bonds. The average molecular weight is 230 g/mol. The van der Waals surface area contributed by atoms with Crippen molar-refractivity contribution in [2.45, 2.75) is 24.9 Å². The monoisotopic (exact) mass is 230 g/mol. The van der Waals surface area contributed by atoms with Crippen LogP contribution >= 0.6 is 0 Å². The van der Waals surface area contributed by atoms with Crippen LogP contribution in [0.25, 0.3) is 0 Å². The van der Waals surface area contributed by atoms with E-state index in [1.165, 1.54) is 24.3 Å². The summed E-state index contributed by atoms with van der Waals surface area (Å²) in [6.07, 6.45) is -1.15. The van der Waals surface area contributed by atoms with Crippen molar-refractivity contribution in [3.05, 3.63) is 35.9 Å². The summed E-state index contributed by atoms with van der Waals surface area (Å²) < 4.78 is 27.2. The molecule has 0 aromatic heterocycles. The molecule has 0 saturated heterocycles. The van der Waals surface area contributed by atoms with Gasteiger partial charge in [-0.05, 0) is 6.92 Å². The van der Waals surface area contributed by atoms with Crippen molar-refractivity contribution in [1.29, 1.82) is 0 Å². The van der Waals surface area contributed by atoms with Gasteiger partial charge in [-0.1, -0.05) is 30.3 Å². The van der Waals surface area contributed by atoms with E-state index >= 15 is 0 Å². The number of aliphatic carboxylic acids is 1. The highest BCUT2D eigenvalue weighted by Crippen LogP contribution is 2.35. The highest BCUT2D eigenvalue weighted by atomic mass is 19.3. The summed E-state index contributed by atoms with van der Waals surface area (Å²) in [7, 11) is 0. The van der Waals surface area contributed by atoms with Crippen molar-refractivity contribution >= 4 is 5.97 Å². The molecule has 0 aliphatic carbocycles. The van der Waals surface area contributed by atoms with Crippen LogP contribution < -0.4 is 0 Å². The first-order valence-electron chi connectivity index (χ1n) is 4.65. The molecule has 1 aromatic rings. The van der Waals surface area contributed by atoms with E-state index < -0.39 is 23.9 Å². The first kappa shape index (κ1) is 12.6. The van der Waals surface area contributed by atoms with Crippen LogP contribution in [0.3, 0.4) is 0 Å². The van der Waals surface area contributed by atoms with Gasteiger partial charge in [0.15, 0.2) is 5.60 Å². The third-order valence-electron chi connectivity index (χ3n) is 2.22. The number of halogens is 2. The molecule has 1 unspecified atom stereocenters. The molecule has 88 valence electrons. The minimum atomic E-state index is -3.37. The SMILES string of the molecule is CC(O)(CC(F)(F)c1ccccc1)C(=O)O. The summed E-state index contributed by atoms with van der Waals surface area (Å²) in [6, 6.07) is 6.82. The van der Waals surface area contributed by atoms with E-state index in [9.17, 15) is 18.7 Å². The lowest BCUT2D eigenvalue weighted by atomic mass is 9.94. The van der Waals surface area contributed by atoms with Gasteiger partial charge in [0.1, 0.15) is 0 Å². The number of alkyl halides is 2. The summed E-state index contributed by atoms with van der Waals surface area (Å²) in [4.78, 5) is 10.5. The zero-order valence-corrected chi connectivity index (χ0v) is 8.65. The fourth-order valence-corrected chi connectivity index (χ4v) is 1.29. The lowest BCUT2D eigenvalue weighted by Crippen LogP contribution is -2.40. The fraction of sp³-hybridized carbons (Fsp3) is 0.364. The Morgan fingerprint density at radius 3 is 2.25 bits per heavy atom. The first-order valence-corrected chi connectivity index (χ1v) is 4.65. The third-order valence-corrected chi connectivity index (χ3v) is 2.22. The number of hydrogen-bond donors (Lipinski definition) is 2. The normalized spacial score (nSPS) is 15.5. The lowest BCUT2D eigenvalue weighted by Gasteiger charge is -2.24. The molecule has 16 heavy (non-hydrogen) atoms. The van der Waals surface area contributed by atoms with Crippen molar-refractivity contribution in [3.8, 4) is 0 Å². The summed E-state index contributed by atoms with van der Waals surface area (Å²) in [5, 5.41) is 17.9. The quantitative estimate of drug-likeness (QED) is 0.831. The second-order valence-electron chi connectivity index (χ2n) is 3.83. The number of aliphatic hydroxyl groups is 1. The van der Waals surface area contributed by atoms with E-state index in [1.54, 1.807) is 6.07 Å². The molecule has 1 atom stereocenters. The molecule has 2 N–H and O–H groups in total. The fourth-order valence-electron chi connectivity index (χ4n) is 1.29. The predicted octanol–water partition coefficient (Wildman–Crippen LogP) is 2.00. The van der Waals surface area contributed by atoms with Crippen molar-refractivity contribution in [2.24, 2.45) is 0 Å². The van der Waals surface area contributed by atoms with Gasteiger partial charge in [-0.2, -0.15) is 0 Å². The van der Waals surface area contributed by atoms with E-state index in [1.807, 2.05) is 0 Å². The second-order valence-corrected chi connectivity index (χ2v) is 3.83. The van der Waals surface area contributed by atoms with Gasteiger partial charge in [-0.15, -0.1) is 0 Å². The molecule has 0 aliphatic heterocycles. The predicted molar refractivity (Wildman–Crippen MR) is 53.2 cm³/mol. The molecule has 5 heteroatoms. The van der Waals surface area contributed by atoms with Crippen LogP contribution in [0.5, 0.6) is 0 Å². The summed E-state index contributed by atoms with van der Waals surface area (Å²) >= 11 is 0. The van der Waals surface area contributed by atoms with Gasteiger partial charge in [0.25, 0.3) is 5.92 Å². The molecular weight excluding hydrogens is 218 g/mol. The molecular formula is C11H12F2O3. The standard InChI is InChI=1S/C11H12F2O3/c1-10(16,9(14)15)7-11(12,13)8-5-3-2-4-6-8/h2-6,16H,7H2,1H3,(H,14,15). The highest BCUT2D eigenvalue weighted by molar-refractivity contribution is 5.76. The van der Waals surface area contributed by atoms with Gasteiger partial charge >= 0.3 is 5.97 Å². The Morgan fingerprint density at radius 1 is 1.31 bits per heavy atom. The Balaban J connectivity index is 2.92. The molecule has 3 nitrogen and oxygen atoms in total. The third kappa shape index (κ3) is 2.76. The van der Waals surface area contributed by atoms with Crippen LogP contribution in [0.15, 0.2) is 30.3 Å². The zero-order valence-electron chi connectivity index (χ0n) is 8.65. The zero-order chi connectivity index (χ0) is 12.4. The number of carboxylic acids is 1. The maximum atomic E-state index is 13.6. The van der Waals surface area contributed by atoms with E-state index in [0.717, 1.165) is 6.92 Å². The van der Waals surface area contributed by atoms with Gasteiger partial charge in [0.2, 0.25) is 0 Å². The minimum absolute atomic E-state index is 0.309. The van der Waals surface area contributed by atoms with Crippen molar-refractivity contribution in [2.75, 3.05) is 0 Å². The molecule has 0 bridgehead atoms. The molecule has 0 spiro atoms. The first-order chi connectivity index (χ1) is 7.26. The van der Waals surface area contributed by atoms with Crippen LogP contribution in [0, 0.1) is 0 Å². The summed E-state index contributed by atoms with van der Waals surface area (Å²) in [6.45, 7) is 0.853. The maximum absolute atomic E-state index is 13.6. The highest BCUT2D eigenvalue weighted by Gasteiger charge is 2.43. The number of benzene rings is 1.